The van der Waals surface area contributed by atoms with E-state index in [-0.39, 0.29) is 36.0 Å². The number of anilines is 1. The number of likely N-dealkylation sites (tertiary alicyclic amines) is 1. The number of nitriles is 1. The molecule has 1 aliphatic heterocycles. The Morgan fingerprint density at radius 2 is 1.91 bits per heavy atom. The van der Waals surface area contributed by atoms with Crippen LogP contribution in [0.4, 0.5) is 5.69 Å². The standard InChI is InChI=1S/C24H20N4O3S/c25-11-16-10-17(8-9-19(16)24(31)28-12-18(29)13-28)26-23(30)22-20(14-6-7-14)21(27-32-22)15-4-2-1-3-5-15/h1-5,8-10,14,18,29H,6-7,12-13H2,(H,26,30). The molecule has 2 aromatic carbocycles. The summed E-state index contributed by atoms with van der Waals surface area (Å²) in [6, 6.07) is 16.6. The Labute approximate surface area is 189 Å². The van der Waals surface area contributed by atoms with Gasteiger partial charge in [0.15, 0.2) is 0 Å². The number of hydrogen-bond acceptors (Lipinski definition) is 6. The molecular formula is C24H20N4O3S. The molecule has 2 amide bonds. The van der Waals surface area contributed by atoms with Crippen LogP contribution in [-0.2, 0) is 0 Å². The molecule has 1 aliphatic carbocycles. The van der Waals surface area contributed by atoms with Crippen molar-refractivity contribution in [3.63, 3.8) is 0 Å². The molecule has 0 radical (unpaired) electrons. The van der Waals surface area contributed by atoms with Gasteiger partial charge in [0.05, 0.1) is 22.9 Å². The Bertz CT molecular complexity index is 1240. The van der Waals surface area contributed by atoms with Crippen molar-refractivity contribution in [3.8, 4) is 17.3 Å². The SMILES string of the molecule is N#Cc1cc(NC(=O)c2snc(-c3ccccc3)c2C2CC2)ccc1C(=O)N1CC(O)C1. The predicted molar refractivity (Wildman–Crippen MR) is 121 cm³/mol. The van der Waals surface area contributed by atoms with Gasteiger partial charge < -0.3 is 15.3 Å². The maximum absolute atomic E-state index is 13.1. The molecule has 2 heterocycles. The van der Waals surface area contributed by atoms with E-state index in [0.29, 0.717) is 16.5 Å². The van der Waals surface area contributed by atoms with Crippen LogP contribution in [0.2, 0.25) is 0 Å². The highest BCUT2D eigenvalue weighted by atomic mass is 32.1. The molecule has 2 N–H and O–H groups in total. The fraction of sp³-hybridized carbons (Fsp3) is 0.250. The van der Waals surface area contributed by atoms with E-state index in [1.807, 2.05) is 36.4 Å². The van der Waals surface area contributed by atoms with Crippen LogP contribution in [-0.4, -0.2) is 45.4 Å². The molecule has 3 aromatic rings. The quantitative estimate of drug-likeness (QED) is 0.625. The number of β-amino-alcohol motifs (C(OH)–C–C–N with tert-alkyl or cyclic N) is 1. The molecule has 2 fully saturated rings. The fourth-order valence-electron chi connectivity index (χ4n) is 3.90. The molecule has 0 unspecified atom stereocenters. The zero-order valence-electron chi connectivity index (χ0n) is 17.1. The topological polar surface area (TPSA) is 106 Å². The number of hydrogen-bond donors (Lipinski definition) is 2. The van der Waals surface area contributed by atoms with Gasteiger partial charge in [0.1, 0.15) is 10.9 Å². The minimum Gasteiger partial charge on any atom is -0.389 e. The highest BCUT2D eigenvalue weighted by molar-refractivity contribution is 7.08. The van der Waals surface area contributed by atoms with E-state index in [1.54, 1.807) is 12.1 Å². The Morgan fingerprint density at radius 3 is 2.56 bits per heavy atom. The van der Waals surface area contributed by atoms with Crippen LogP contribution in [0.25, 0.3) is 11.3 Å². The lowest BCUT2D eigenvalue weighted by molar-refractivity contribution is 0.00587. The van der Waals surface area contributed by atoms with Gasteiger partial charge in [-0.25, -0.2) is 0 Å². The summed E-state index contributed by atoms with van der Waals surface area (Å²) in [4.78, 5) is 27.7. The third kappa shape index (κ3) is 3.77. The van der Waals surface area contributed by atoms with E-state index in [2.05, 4.69) is 9.69 Å². The van der Waals surface area contributed by atoms with E-state index in [0.717, 1.165) is 29.7 Å². The maximum atomic E-state index is 13.1. The molecule has 5 rings (SSSR count). The first-order valence-electron chi connectivity index (χ1n) is 10.4. The first-order chi connectivity index (χ1) is 15.5. The highest BCUT2D eigenvalue weighted by Crippen LogP contribution is 2.47. The molecule has 7 nitrogen and oxygen atoms in total. The lowest BCUT2D eigenvalue weighted by atomic mass is 10.0. The number of amides is 2. The van der Waals surface area contributed by atoms with E-state index < -0.39 is 6.10 Å². The van der Waals surface area contributed by atoms with Gasteiger partial charge in [-0.2, -0.15) is 9.64 Å². The van der Waals surface area contributed by atoms with E-state index in [1.165, 1.54) is 22.5 Å². The van der Waals surface area contributed by atoms with Gasteiger partial charge in [0.2, 0.25) is 0 Å². The second-order valence-corrected chi connectivity index (χ2v) is 8.88. The fourth-order valence-corrected chi connectivity index (χ4v) is 4.78. The molecule has 0 atom stereocenters. The number of nitrogens with zero attached hydrogens (tertiary/aromatic N) is 3. The summed E-state index contributed by atoms with van der Waals surface area (Å²) in [6.07, 6.45) is 1.57. The highest BCUT2D eigenvalue weighted by Gasteiger charge is 2.34. The Morgan fingerprint density at radius 1 is 1.16 bits per heavy atom. The van der Waals surface area contributed by atoms with Crippen molar-refractivity contribution < 1.29 is 14.7 Å². The summed E-state index contributed by atoms with van der Waals surface area (Å²) in [5, 5.41) is 21.8. The summed E-state index contributed by atoms with van der Waals surface area (Å²) in [6.45, 7) is 0.530. The number of carbonyl (C=O) groups is 2. The molecular weight excluding hydrogens is 424 g/mol. The van der Waals surface area contributed by atoms with Gasteiger partial charge in [-0.15, -0.1) is 0 Å². The van der Waals surface area contributed by atoms with E-state index >= 15 is 0 Å². The molecule has 32 heavy (non-hydrogen) atoms. The molecule has 160 valence electrons. The first kappa shape index (κ1) is 20.4. The summed E-state index contributed by atoms with van der Waals surface area (Å²) < 4.78 is 4.58. The van der Waals surface area contributed by atoms with Crippen LogP contribution in [0.15, 0.2) is 48.5 Å². The number of carbonyl (C=O) groups excluding carboxylic acids is 2. The van der Waals surface area contributed by atoms with Crippen molar-refractivity contribution in [2.45, 2.75) is 24.9 Å². The van der Waals surface area contributed by atoms with E-state index in [9.17, 15) is 20.0 Å². The average molecular weight is 445 g/mol. The zero-order chi connectivity index (χ0) is 22.2. The van der Waals surface area contributed by atoms with Gasteiger partial charge in [0.25, 0.3) is 11.8 Å². The molecule has 2 aliphatic rings. The van der Waals surface area contributed by atoms with Crippen molar-refractivity contribution in [1.82, 2.24) is 9.27 Å². The van der Waals surface area contributed by atoms with Crippen molar-refractivity contribution in [1.29, 1.82) is 5.26 Å². The molecule has 1 aromatic heterocycles. The first-order valence-corrected chi connectivity index (χ1v) is 11.2. The van der Waals surface area contributed by atoms with Crippen molar-refractivity contribution in [3.05, 3.63) is 70.1 Å². The van der Waals surface area contributed by atoms with Crippen molar-refractivity contribution in [2.24, 2.45) is 0 Å². The number of aliphatic hydroxyl groups excluding tert-OH is 1. The predicted octanol–water partition coefficient (Wildman–Crippen LogP) is 3.63. The minimum absolute atomic E-state index is 0.186. The van der Waals surface area contributed by atoms with Crippen LogP contribution in [0.1, 0.15) is 49.9 Å². The Hall–Kier alpha value is -3.54. The molecule has 1 saturated heterocycles. The van der Waals surface area contributed by atoms with Gasteiger partial charge in [0, 0.05) is 29.9 Å². The Kier molecular flexibility index (Phi) is 5.21. The lowest BCUT2D eigenvalue weighted by Gasteiger charge is -2.36. The van der Waals surface area contributed by atoms with Gasteiger partial charge >= 0.3 is 0 Å². The normalized spacial score (nSPS) is 15.7. The molecule has 0 bridgehead atoms. The zero-order valence-corrected chi connectivity index (χ0v) is 17.9. The average Bonchev–Trinajstić information content (AvgIpc) is 3.54. The van der Waals surface area contributed by atoms with Crippen molar-refractivity contribution >= 4 is 29.0 Å². The number of rotatable bonds is 5. The van der Waals surface area contributed by atoms with Crippen LogP contribution in [0, 0.1) is 11.3 Å². The molecule has 0 spiro atoms. The smallest absolute Gasteiger partial charge is 0.267 e. The van der Waals surface area contributed by atoms with Crippen LogP contribution in [0.5, 0.6) is 0 Å². The third-order valence-corrected chi connectivity index (χ3v) is 6.61. The van der Waals surface area contributed by atoms with Gasteiger partial charge in [-0.3, -0.25) is 9.59 Å². The largest absolute Gasteiger partial charge is 0.389 e. The van der Waals surface area contributed by atoms with Gasteiger partial charge in [-0.1, -0.05) is 30.3 Å². The minimum atomic E-state index is -0.510. The lowest BCUT2D eigenvalue weighted by Crippen LogP contribution is -2.53. The van der Waals surface area contributed by atoms with Gasteiger partial charge in [-0.05, 0) is 48.5 Å². The second-order valence-electron chi connectivity index (χ2n) is 8.10. The number of benzene rings is 2. The summed E-state index contributed by atoms with van der Waals surface area (Å²) in [5.74, 6) is -0.220. The molecule has 8 heteroatoms. The third-order valence-electron chi connectivity index (χ3n) is 5.74. The van der Waals surface area contributed by atoms with Crippen molar-refractivity contribution in [2.75, 3.05) is 18.4 Å². The summed E-state index contributed by atoms with van der Waals surface area (Å²) >= 11 is 1.19. The summed E-state index contributed by atoms with van der Waals surface area (Å²) in [7, 11) is 0. The second kappa shape index (κ2) is 8.19. The monoisotopic (exact) mass is 444 g/mol. The van der Waals surface area contributed by atoms with E-state index in [4.69, 9.17) is 0 Å². The number of aliphatic hydroxyl groups is 1. The van der Waals surface area contributed by atoms with Crippen LogP contribution >= 0.6 is 11.5 Å². The summed E-state index contributed by atoms with van der Waals surface area (Å²) in [5.41, 5.74) is 3.74. The number of aromatic nitrogens is 1. The molecule has 1 saturated carbocycles. The van der Waals surface area contributed by atoms with Crippen LogP contribution < -0.4 is 5.32 Å². The number of nitrogens with one attached hydrogen (secondary N) is 1. The maximum Gasteiger partial charge on any atom is 0.267 e. The van der Waals surface area contributed by atoms with Crippen LogP contribution in [0.3, 0.4) is 0 Å². The Balaban J connectivity index is 1.39.